The Kier molecular flexibility index (Phi) is 15.4. The molecule has 0 aliphatic heterocycles. The average molecular weight is 855 g/mol. The number of aromatic amines is 2. The third-order valence-electron chi connectivity index (χ3n) is 10.3. The number of carboxylic acids is 2. The number of carbonyl (C=O) groups excluding carboxylic acids is 5. The van der Waals surface area contributed by atoms with E-state index in [-0.39, 0.29) is 30.9 Å². The highest BCUT2D eigenvalue weighted by atomic mass is 16.4. The van der Waals surface area contributed by atoms with Gasteiger partial charge >= 0.3 is 11.9 Å². The first kappa shape index (κ1) is 45.8. The van der Waals surface area contributed by atoms with Gasteiger partial charge in [-0.05, 0) is 46.9 Å². The van der Waals surface area contributed by atoms with Gasteiger partial charge in [-0.3, -0.25) is 28.8 Å². The minimum atomic E-state index is -1.84. The SMILES string of the molecule is CC(C)[C@H](N)C(=O)N[C@@H](CO)C(=O)N[C@@H](Cc1c[nH]c2ccccc12)C(=O)N[C@@H](CC(=O)O)C(=O)N[C@@H](Cc1c[nH]c2ccccc12)C(=O)N[C@@H](Cc1ccc(O)cc1)C(=O)O. The molecular weight excluding hydrogens is 805 g/mol. The van der Waals surface area contributed by atoms with E-state index in [1.807, 2.05) is 0 Å². The van der Waals surface area contributed by atoms with Crippen LogP contribution in [0.15, 0.2) is 85.2 Å². The number of amides is 5. The number of nitrogens with one attached hydrogen (secondary N) is 7. The van der Waals surface area contributed by atoms with Crippen molar-refractivity contribution in [3.63, 3.8) is 0 Å². The molecule has 0 aliphatic rings. The van der Waals surface area contributed by atoms with Crippen molar-refractivity contribution in [2.45, 2.75) is 75.8 Å². The number of hydrogen-bond donors (Lipinski definition) is 12. The summed E-state index contributed by atoms with van der Waals surface area (Å²) in [6, 6.07) is 10.9. The third-order valence-corrected chi connectivity index (χ3v) is 10.3. The molecule has 0 spiro atoms. The summed E-state index contributed by atoms with van der Waals surface area (Å²) in [5.41, 5.74) is 8.89. The highest BCUT2D eigenvalue weighted by Crippen LogP contribution is 2.21. The van der Waals surface area contributed by atoms with Gasteiger partial charge in [-0.25, -0.2) is 4.79 Å². The monoisotopic (exact) mass is 854 g/mol. The number of H-pyrrole nitrogens is 2. The van der Waals surface area contributed by atoms with Gasteiger partial charge in [0.2, 0.25) is 29.5 Å². The van der Waals surface area contributed by atoms with E-state index in [9.17, 15) is 54.0 Å². The van der Waals surface area contributed by atoms with E-state index in [4.69, 9.17) is 5.73 Å². The van der Waals surface area contributed by atoms with E-state index < -0.39 is 90.8 Å². The van der Waals surface area contributed by atoms with Crippen molar-refractivity contribution in [1.29, 1.82) is 0 Å². The quantitative estimate of drug-likeness (QED) is 0.0476. The van der Waals surface area contributed by atoms with Gasteiger partial charge < -0.3 is 62.7 Å². The second-order valence-corrected chi connectivity index (χ2v) is 15.2. The van der Waals surface area contributed by atoms with Crippen LogP contribution in [0.3, 0.4) is 0 Å². The van der Waals surface area contributed by atoms with Crippen LogP contribution in [0.5, 0.6) is 5.75 Å². The summed E-state index contributed by atoms with van der Waals surface area (Å²) in [6.45, 7) is 2.51. The average Bonchev–Trinajstić information content (AvgIpc) is 3.85. The van der Waals surface area contributed by atoms with Crippen molar-refractivity contribution in [3.05, 3.63) is 102 Å². The molecule has 0 saturated heterocycles. The van der Waals surface area contributed by atoms with Crippen molar-refractivity contribution < 1.29 is 54.0 Å². The molecule has 0 unspecified atom stereocenters. The molecule has 6 atom stereocenters. The van der Waals surface area contributed by atoms with Gasteiger partial charge in [0.25, 0.3) is 0 Å². The Morgan fingerprint density at radius 2 is 1.02 bits per heavy atom. The number of aliphatic carboxylic acids is 2. The van der Waals surface area contributed by atoms with Crippen LogP contribution in [0.2, 0.25) is 0 Å². The highest BCUT2D eigenvalue weighted by molar-refractivity contribution is 5.98. The number of carboxylic acid groups (broad SMARTS) is 2. The maximum Gasteiger partial charge on any atom is 0.326 e. The zero-order valence-electron chi connectivity index (χ0n) is 33.9. The fraction of sp³-hybridized carbons (Fsp3) is 0.326. The van der Waals surface area contributed by atoms with Gasteiger partial charge in [-0.2, -0.15) is 0 Å². The number of fused-ring (bicyclic) bond motifs is 2. The predicted molar refractivity (Wildman–Crippen MR) is 225 cm³/mol. The van der Waals surface area contributed by atoms with Gasteiger partial charge in [-0.15, -0.1) is 0 Å². The van der Waals surface area contributed by atoms with Crippen LogP contribution < -0.4 is 32.3 Å². The van der Waals surface area contributed by atoms with Gasteiger partial charge in [0, 0.05) is 53.5 Å². The standard InChI is InChI=1S/C43H50N8O11/c1-22(2)37(44)42(60)51-35(21-52)41(59)48-31(16-24-19-45-29-9-5-3-7-27(24)29)38(56)49-33(18-36(54)55)40(58)47-32(17-25-20-46-30-10-6-4-8-28(25)30)39(57)50-34(43(61)62)15-23-11-13-26(53)14-12-23/h3-14,19-20,22,31-35,37,45-46,52-53H,15-18,21,44H2,1-2H3,(H,47,58)(H,48,59)(H,49,56)(H,50,57)(H,51,60)(H,54,55)(H,61,62)/t31-,32-,33-,34-,35-,37-/m0/s1. The lowest BCUT2D eigenvalue weighted by atomic mass is 10.0. The number of phenols is 1. The minimum Gasteiger partial charge on any atom is -0.508 e. The number of hydrogen-bond acceptors (Lipinski definition) is 10. The van der Waals surface area contributed by atoms with Crippen molar-refractivity contribution in [2.75, 3.05) is 6.61 Å². The Bertz CT molecular complexity index is 2410. The number of aliphatic hydroxyl groups is 1. The summed E-state index contributed by atoms with van der Waals surface area (Å²) >= 11 is 0. The second kappa shape index (κ2) is 20.8. The molecule has 0 saturated carbocycles. The first-order valence-corrected chi connectivity index (χ1v) is 19.7. The summed E-state index contributed by atoms with van der Waals surface area (Å²) in [4.78, 5) is 99.2. The van der Waals surface area contributed by atoms with Crippen LogP contribution in [-0.4, -0.2) is 115 Å². The molecule has 13 N–H and O–H groups in total. The van der Waals surface area contributed by atoms with Crippen molar-refractivity contribution in [1.82, 2.24) is 36.6 Å². The summed E-state index contributed by atoms with van der Waals surface area (Å²) in [6.07, 6.45) is 1.63. The van der Waals surface area contributed by atoms with E-state index in [0.717, 1.165) is 0 Å². The Hall–Kier alpha value is -7.25. The minimum absolute atomic E-state index is 0.0500. The molecule has 5 rings (SSSR count). The summed E-state index contributed by atoms with van der Waals surface area (Å²) in [5, 5.41) is 53.3. The lowest BCUT2D eigenvalue weighted by Crippen LogP contribution is -2.60. The third kappa shape index (κ3) is 11.9. The van der Waals surface area contributed by atoms with E-state index in [2.05, 4.69) is 36.6 Å². The molecule has 0 fully saturated rings. The second-order valence-electron chi connectivity index (χ2n) is 15.2. The molecule has 0 radical (unpaired) electrons. The number of benzene rings is 3. The van der Waals surface area contributed by atoms with Crippen LogP contribution in [-0.2, 0) is 52.8 Å². The largest absolute Gasteiger partial charge is 0.508 e. The molecule has 62 heavy (non-hydrogen) atoms. The number of aromatic nitrogens is 2. The summed E-state index contributed by atoms with van der Waals surface area (Å²) in [7, 11) is 0. The van der Waals surface area contributed by atoms with E-state index in [0.29, 0.717) is 38.5 Å². The number of para-hydroxylation sites is 2. The zero-order chi connectivity index (χ0) is 45.1. The summed E-state index contributed by atoms with van der Waals surface area (Å²) in [5.74, 6) is -8.06. The normalized spacial score (nSPS) is 14.2. The molecule has 0 bridgehead atoms. The van der Waals surface area contributed by atoms with Crippen molar-refractivity contribution in [2.24, 2.45) is 11.7 Å². The Labute approximate surface area is 354 Å². The highest BCUT2D eigenvalue weighted by Gasteiger charge is 2.35. The van der Waals surface area contributed by atoms with Crippen LogP contribution in [0.4, 0.5) is 0 Å². The number of carbonyl (C=O) groups is 7. The lowest BCUT2D eigenvalue weighted by Gasteiger charge is -2.26. The lowest BCUT2D eigenvalue weighted by molar-refractivity contribution is -0.143. The Balaban J connectivity index is 1.42. The molecule has 3 aromatic carbocycles. The first-order valence-electron chi connectivity index (χ1n) is 19.7. The molecule has 5 amide bonds. The van der Waals surface area contributed by atoms with Crippen molar-refractivity contribution in [3.8, 4) is 5.75 Å². The molecular formula is C43H50N8O11. The van der Waals surface area contributed by atoms with E-state index in [1.54, 1.807) is 74.8 Å². The van der Waals surface area contributed by atoms with Crippen LogP contribution in [0.25, 0.3) is 21.8 Å². The van der Waals surface area contributed by atoms with Gasteiger partial charge in [0.05, 0.1) is 19.1 Å². The van der Waals surface area contributed by atoms with Crippen LogP contribution in [0, 0.1) is 5.92 Å². The van der Waals surface area contributed by atoms with E-state index in [1.165, 1.54) is 24.3 Å². The molecule has 19 heteroatoms. The number of rotatable bonds is 21. The maximum atomic E-state index is 14.2. The molecule has 0 aliphatic carbocycles. The van der Waals surface area contributed by atoms with Gasteiger partial charge in [-0.1, -0.05) is 62.4 Å². The molecule has 2 heterocycles. The molecule has 19 nitrogen and oxygen atoms in total. The van der Waals surface area contributed by atoms with Gasteiger partial charge in [0.1, 0.15) is 36.0 Å². The maximum absolute atomic E-state index is 14.2. The van der Waals surface area contributed by atoms with Crippen LogP contribution >= 0.6 is 0 Å². The first-order chi connectivity index (χ1) is 29.5. The van der Waals surface area contributed by atoms with Crippen LogP contribution in [0.1, 0.15) is 37.0 Å². The Morgan fingerprint density at radius 3 is 1.48 bits per heavy atom. The fourth-order valence-corrected chi connectivity index (χ4v) is 6.77. The van der Waals surface area contributed by atoms with Gasteiger partial charge in [0.15, 0.2) is 0 Å². The fourth-order valence-electron chi connectivity index (χ4n) is 6.77. The smallest absolute Gasteiger partial charge is 0.326 e. The number of phenolic OH excluding ortho intramolecular Hbond substituents is 1. The number of aromatic hydroxyl groups is 1. The molecule has 5 aromatic rings. The molecule has 2 aromatic heterocycles. The topological polar surface area (TPSA) is 318 Å². The Morgan fingerprint density at radius 1 is 0.581 bits per heavy atom. The molecule has 328 valence electrons. The zero-order valence-corrected chi connectivity index (χ0v) is 33.9. The number of aliphatic hydroxyl groups excluding tert-OH is 1. The van der Waals surface area contributed by atoms with Crippen molar-refractivity contribution >= 4 is 63.3 Å². The predicted octanol–water partition coefficient (Wildman–Crippen LogP) is 0.342. The number of nitrogens with two attached hydrogens (primary N) is 1. The summed E-state index contributed by atoms with van der Waals surface area (Å²) < 4.78 is 0. The van der Waals surface area contributed by atoms with E-state index >= 15 is 0 Å².